The van der Waals surface area contributed by atoms with Gasteiger partial charge in [0.25, 0.3) is 11.8 Å². The van der Waals surface area contributed by atoms with Crippen LogP contribution in [0.4, 0.5) is 16.3 Å². The summed E-state index contributed by atoms with van der Waals surface area (Å²) in [6.07, 6.45) is 2.79. The average Bonchev–Trinajstić information content (AvgIpc) is 2.91. The van der Waals surface area contributed by atoms with E-state index in [0.29, 0.717) is 28.0 Å². The number of carbonyl (C=O) groups is 3. The summed E-state index contributed by atoms with van der Waals surface area (Å²) < 4.78 is 17.2. The number of nitrogens with one attached hydrogen (secondary N) is 2. The Hall–Kier alpha value is -3.51. The van der Waals surface area contributed by atoms with Crippen molar-refractivity contribution < 1.29 is 18.6 Å². The number of carbonyl (C=O) groups excluding carboxylic acids is 3. The van der Waals surface area contributed by atoms with Crippen LogP contribution in [0.15, 0.2) is 70.1 Å². The van der Waals surface area contributed by atoms with Gasteiger partial charge in [-0.05, 0) is 61.6 Å². The molecule has 0 bridgehead atoms. The summed E-state index contributed by atoms with van der Waals surface area (Å²) in [5, 5.41) is 6.07. The Kier molecular flexibility index (Phi) is 8.86. The fourth-order valence-electron chi connectivity index (χ4n) is 3.76. The number of piperazine rings is 1. The topological polar surface area (TPSA) is 124 Å². The number of urea groups is 1. The Balaban J connectivity index is 1.48. The Morgan fingerprint density at radius 2 is 1.56 bits per heavy atom. The molecule has 0 spiro atoms. The molecule has 1 aromatic heterocycles. The van der Waals surface area contributed by atoms with E-state index in [4.69, 9.17) is 23.2 Å². The van der Waals surface area contributed by atoms with Crippen LogP contribution in [0.2, 0.25) is 10.0 Å². The molecule has 1 atom stereocenters. The van der Waals surface area contributed by atoms with Gasteiger partial charge in [-0.3, -0.25) is 9.59 Å². The number of anilines is 2. The predicted octanol–water partition coefficient (Wildman–Crippen LogP) is 4.72. The minimum Gasteiger partial charge on any atom is -0.321 e. The summed E-state index contributed by atoms with van der Waals surface area (Å²) >= 11 is 11.9. The predicted molar refractivity (Wildman–Crippen MR) is 152 cm³/mol. The summed E-state index contributed by atoms with van der Waals surface area (Å²) in [7, 11) is -1.05. The molecule has 3 aromatic rings. The molecule has 0 radical (unpaired) electrons. The fourth-order valence-corrected chi connectivity index (χ4v) is 5.20. The van der Waals surface area contributed by atoms with Gasteiger partial charge in [-0.2, -0.15) is 0 Å². The van der Waals surface area contributed by atoms with E-state index in [0.717, 1.165) is 13.1 Å². The van der Waals surface area contributed by atoms with Gasteiger partial charge in [-0.25, -0.2) is 14.0 Å². The second-order valence-electron chi connectivity index (χ2n) is 8.95. The van der Waals surface area contributed by atoms with E-state index in [1.165, 1.54) is 48.9 Å². The number of hydrogen-bond acceptors (Lipinski definition) is 6. The van der Waals surface area contributed by atoms with Crippen molar-refractivity contribution in [2.24, 2.45) is 4.36 Å². The lowest BCUT2D eigenvalue weighted by Crippen LogP contribution is -2.46. The average molecular weight is 590 g/mol. The Morgan fingerprint density at radius 1 is 0.897 bits per heavy atom. The highest BCUT2D eigenvalue weighted by atomic mass is 35.5. The van der Waals surface area contributed by atoms with Gasteiger partial charge in [0.2, 0.25) is 0 Å². The quantitative estimate of drug-likeness (QED) is 0.444. The molecule has 0 aliphatic carbocycles. The second kappa shape index (κ2) is 12.1. The molecule has 1 fully saturated rings. The molecule has 1 unspecified atom stereocenters. The number of hydrogen-bond donors (Lipinski definition) is 2. The minimum absolute atomic E-state index is 0.127. The van der Waals surface area contributed by atoms with Crippen LogP contribution in [-0.2, 0) is 9.73 Å². The van der Waals surface area contributed by atoms with Gasteiger partial charge in [0.1, 0.15) is 5.82 Å². The van der Waals surface area contributed by atoms with E-state index < -0.39 is 27.6 Å². The van der Waals surface area contributed by atoms with E-state index in [1.807, 2.05) is 7.05 Å². The van der Waals surface area contributed by atoms with Gasteiger partial charge in [0, 0.05) is 54.1 Å². The van der Waals surface area contributed by atoms with Gasteiger partial charge in [0.05, 0.1) is 26.0 Å². The van der Waals surface area contributed by atoms with Crippen LogP contribution >= 0.6 is 23.2 Å². The lowest BCUT2D eigenvalue weighted by atomic mass is 10.1. The fraction of sp³-hybridized carbons (Fsp3) is 0.231. The van der Waals surface area contributed by atoms with Gasteiger partial charge >= 0.3 is 6.03 Å². The lowest BCUT2D eigenvalue weighted by molar-refractivity contribution is 0.102. The maximum atomic E-state index is 13.2. The number of halogens is 2. The van der Waals surface area contributed by atoms with Crippen LogP contribution in [0, 0.1) is 0 Å². The van der Waals surface area contributed by atoms with E-state index in [2.05, 4.69) is 24.9 Å². The summed E-state index contributed by atoms with van der Waals surface area (Å²) in [5.41, 5.74) is 0.606. The zero-order valence-electron chi connectivity index (χ0n) is 21.2. The first-order valence-electron chi connectivity index (χ1n) is 11.9. The lowest BCUT2D eigenvalue weighted by Gasteiger charge is -2.31. The first-order chi connectivity index (χ1) is 18.5. The highest BCUT2D eigenvalue weighted by molar-refractivity contribution is 7.93. The van der Waals surface area contributed by atoms with Gasteiger partial charge in [-0.15, -0.1) is 4.36 Å². The van der Waals surface area contributed by atoms with Gasteiger partial charge in [0.15, 0.2) is 0 Å². The normalized spacial score (nSPS) is 15.2. The second-order valence-corrected chi connectivity index (χ2v) is 12.1. The van der Waals surface area contributed by atoms with Crippen LogP contribution in [0.1, 0.15) is 20.7 Å². The molecule has 2 N–H and O–H groups in total. The molecule has 2 aromatic carbocycles. The third-order valence-corrected chi connectivity index (χ3v) is 8.13. The molecule has 1 saturated heterocycles. The van der Waals surface area contributed by atoms with E-state index in [1.54, 1.807) is 23.1 Å². The number of benzene rings is 2. The molecule has 204 valence electrons. The van der Waals surface area contributed by atoms with Crippen LogP contribution in [0.25, 0.3) is 0 Å². The number of aromatic nitrogens is 1. The number of pyridine rings is 1. The van der Waals surface area contributed by atoms with Crippen molar-refractivity contribution in [3.05, 3.63) is 82.0 Å². The largest absolute Gasteiger partial charge is 0.352 e. The van der Waals surface area contributed by atoms with Crippen LogP contribution in [0.5, 0.6) is 0 Å². The molecular formula is C26H26Cl2N6O4S. The summed E-state index contributed by atoms with van der Waals surface area (Å²) in [6.45, 7) is 2.50. The molecular weight excluding hydrogens is 563 g/mol. The van der Waals surface area contributed by atoms with E-state index >= 15 is 0 Å². The SMILES string of the molecule is CN1CCN(C(=O)N=S(C)(=O)c2ccc(C(=O)Nc3ccc(Cl)cc3C(=O)Nc3ccc(Cl)cn3)cc2)CC1. The zero-order chi connectivity index (χ0) is 28.2. The standard InChI is InChI=1S/C26H26Cl2N6O4S/c1-33-11-13-34(14-12-33)26(37)32-39(2,38)20-7-3-17(4-8-20)24(35)30-22-9-5-18(27)15-21(22)25(36)31-23-10-6-19(28)16-29-23/h3-10,15-16H,11-14H2,1-2H3,(H,30,35)(H,29,31,36). The van der Waals surface area contributed by atoms with Crippen molar-refractivity contribution in [3.8, 4) is 0 Å². The monoisotopic (exact) mass is 588 g/mol. The molecule has 13 heteroatoms. The Morgan fingerprint density at radius 3 is 2.21 bits per heavy atom. The van der Waals surface area contributed by atoms with Crippen LogP contribution in [-0.4, -0.2) is 76.3 Å². The summed E-state index contributed by atoms with van der Waals surface area (Å²) in [4.78, 5) is 46.5. The molecule has 2 heterocycles. The maximum Gasteiger partial charge on any atom is 0.352 e. The zero-order valence-corrected chi connectivity index (χ0v) is 23.5. The van der Waals surface area contributed by atoms with Crippen molar-refractivity contribution in [1.82, 2.24) is 14.8 Å². The third-order valence-electron chi connectivity index (χ3n) is 6.02. The molecule has 4 amide bonds. The van der Waals surface area contributed by atoms with Gasteiger partial charge in [-0.1, -0.05) is 23.2 Å². The smallest absolute Gasteiger partial charge is 0.321 e. The molecule has 1 aliphatic rings. The Bertz CT molecular complexity index is 1510. The maximum absolute atomic E-state index is 13.2. The van der Waals surface area contributed by atoms with Crippen molar-refractivity contribution in [2.75, 3.05) is 50.1 Å². The molecule has 10 nitrogen and oxygen atoms in total. The summed E-state index contributed by atoms with van der Waals surface area (Å²) in [5.74, 6) is -0.761. The highest BCUT2D eigenvalue weighted by Crippen LogP contribution is 2.23. The van der Waals surface area contributed by atoms with Crippen molar-refractivity contribution in [2.45, 2.75) is 4.90 Å². The molecule has 1 aliphatic heterocycles. The molecule has 4 rings (SSSR count). The molecule has 39 heavy (non-hydrogen) atoms. The number of amides is 4. The summed E-state index contributed by atoms with van der Waals surface area (Å²) in [6, 6.07) is 13.1. The number of nitrogens with zero attached hydrogens (tertiary/aromatic N) is 4. The van der Waals surface area contributed by atoms with E-state index in [9.17, 15) is 18.6 Å². The first-order valence-corrected chi connectivity index (χ1v) is 14.5. The van der Waals surface area contributed by atoms with Gasteiger partial charge < -0.3 is 20.4 Å². The Labute approximate surface area is 236 Å². The minimum atomic E-state index is -3.02. The number of likely N-dealkylation sites (N-methyl/N-ethyl adjacent to an activating group) is 1. The van der Waals surface area contributed by atoms with Crippen molar-refractivity contribution in [1.29, 1.82) is 0 Å². The van der Waals surface area contributed by atoms with Crippen molar-refractivity contribution in [3.63, 3.8) is 0 Å². The van der Waals surface area contributed by atoms with E-state index in [-0.39, 0.29) is 22.6 Å². The van der Waals surface area contributed by atoms with Crippen molar-refractivity contribution >= 4 is 62.3 Å². The molecule has 0 saturated carbocycles. The first kappa shape index (κ1) is 28.5. The van der Waals surface area contributed by atoms with Crippen LogP contribution in [0.3, 0.4) is 0 Å². The highest BCUT2D eigenvalue weighted by Gasteiger charge is 2.21. The third kappa shape index (κ3) is 7.33. The number of rotatable bonds is 5. The van der Waals surface area contributed by atoms with Crippen LogP contribution < -0.4 is 10.6 Å².